The zero-order chi connectivity index (χ0) is 14.5. The number of aromatic nitrogens is 3. The van der Waals surface area contributed by atoms with Crippen molar-refractivity contribution in [2.75, 3.05) is 7.05 Å². The summed E-state index contributed by atoms with van der Waals surface area (Å²) in [4.78, 5) is 8.46. The number of aliphatic imine (C=N–C) groups is 1. The number of nitrogens with one attached hydrogen (secondary N) is 2. The van der Waals surface area contributed by atoms with Crippen molar-refractivity contribution in [3.05, 3.63) is 35.3 Å². The number of hydrogen-bond donors (Lipinski definition) is 2. The number of guanidine groups is 1. The van der Waals surface area contributed by atoms with Crippen molar-refractivity contribution in [1.82, 2.24) is 25.4 Å². The van der Waals surface area contributed by atoms with Crippen molar-refractivity contribution in [3.63, 3.8) is 0 Å². The van der Waals surface area contributed by atoms with Gasteiger partial charge in [-0.1, -0.05) is 0 Å². The molecule has 2 aromatic heterocycles. The maximum atomic E-state index is 5.51. The molecule has 0 saturated heterocycles. The van der Waals surface area contributed by atoms with Crippen molar-refractivity contribution in [2.24, 2.45) is 12.0 Å². The maximum Gasteiger partial charge on any atom is 0.214 e. The molecule has 0 aliphatic rings. The Bertz CT molecular complexity index is 584. The molecule has 0 amide bonds. The van der Waals surface area contributed by atoms with E-state index in [1.54, 1.807) is 11.7 Å². The largest absolute Gasteiger partial charge is 0.444 e. The minimum atomic E-state index is 0. The lowest BCUT2D eigenvalue weighted by Crippen LogP contribution is -2.36. The summed E-state index contributed by atoms with van der Waals surface area (Å²) < 4.78 is 7.27. The number of rotatable bonds is 4. The van der Waals surface area contributed by atoms with E-state index in [-0.39, 0.29) is 24.0 Å². The van der Waals surface area contributed by atoms with Gasteiger partial charge in [0.05, 0.1) is 18.4 Å². The minimum Gasteiger partial charge on any atom is -0.444 e. The molecule has 0 unspecified atom stereocenters. The molecule has 7 nitrogen and oxygen atoms in total. The van der Waals surface area contributed by atoms with Crippen LogP contribution in [0.4, 0.5) is 0 Å². The third kappa shape index (κ3) is 5.03. The molecule has 0 aliphatic heterocycles. The van der Waals surface area contributed by atoms with Gasteiger partial charge in [0.25, 0.3) is 0 Å². The van der Waals surface area contributed by atoms with Gasteiger partial charge in [0.15, 0.2) is 5.96 Å². The Balaban J connectivity index is 0.00000220. The van der Waals surface area contributed by atoms with Crippen LogP contribution in [-0.2, 0) is 20.1 Å². The fourth-order valence-corrected chi connectivity index (χ4v) is 1.74. The van der Waals surface area contributed by atoms with Crippen molar-refractivity contribution >= 4 is 29.9 Å². The molecule has 116 valence electrons. The second-order valence-electron chi connectivity index (χ2n) is 4.55. The van der Waals surface area contributed by atoms with Crippen molar-refractivity contribution in [2.45, 2.75) is 26.9 Å². The molecule has 0 saturated carbocycles. The van der Waals surface area contributed by atoms with Crippen LogP contribution in [0.25, 0.3) is 0 Å². The van der Waals surface area contributed by atoms with E-state index in [1.807, 2.05) is 33.3 Å². The quantitative estimate of drug-likeness (QED) is 0.459. The monoisotopic (exact) mass is 404 g/mol. The van der Waals surface area contributed by atoms with Gasteiger partial charge in [0, 0.05) is 32.4 Å². The van der Waals surface area contributed by atoms with E-state index in [4.69, 9.17) is 4.42 Å². The van der Waals surface area contributed by atoms with Crippen LogP contribution in [0, 0.1) is 13.8 Å². The normalized spacial score (nSPS) is 11.1. The predicted molar refractivity (Wildman–Crippen MR) is 91.6 cm³/mol. The predicted octanol–water partition coefficient (Wildman–Crippen LogP) is 1.51. The Labute approximate surface area is 141 Å². The van der Waals surface area contributed by atoms with E-state index in [0.29, 0.717) is 24.9 Å². The standard InChI is InChI=1S/C13H20N6O.HI/c1-9-10(2)20-12(18-9)7-16-13(14-3)15-5-11-6-17-19(4)8-11;/h6,8H,5,7H2,1-4H3,(H2,14,15,16);1H. The van der Waals surface area contributed by atoms with Crippen molar-refractivity contribution in [1.29, 1.82) is 0 Å². The first-order chi connectivity index (χ1) is 9.58. The van der Waals surface area contributed by atoms with Crippen LogP contribution < -0.4 is 10.6 Å². The fourth-order valence-electron chi connectivity index (χ4n) is 1.74. The molecular formula is C13H21IN6O. The lowest BCUT2D eigenvalue weighted by molar-refractivity contribution is 0.463. The third-order valence-electron chi connectivity index (χ3n) is 2.92. The molecular weight excluding hydrogens is 383 g/mol. The van der Waals surface area contributed by atoms with Crippen LogP contribution in [0.3, 0.4) is 0 Å². The van der Waals surface area contributed by atoms with Crippen LogP contribution in [0.15, 0.2) is 21.8 Å². The molecule has 2 aromatic rings. The lowest BCUT2D eigenvalue weighted by atomic mass is 10.4. The highest BCUT2D eigenvalue weighted by molar-refractivity contribution is 14.0. The van der Waals surface area contributed by atoms with Crippen LogP contribution in [0.2, 0.25) is 0 Å². The summed E-state index contributed by atoms with van der Waals surface area (Å²) in [6, 6.07) is 0. The number of hydrogen-bond acceptors (Lipinski definition) is 4. The Morgan fingerprint density at radius 1 is 1.33 bits per heavy atom. The van der Waals surface area contributed by atoms with Gasteiger partial charge in [-0.15, -0.1) is 24.0 Å². The van der Waals surface area contributed by atoms with Crippen LogP contribution >= 0.6 is 24.0 Å². The molecule has 8 heteroatoms. The van der Waals surface area contributed by atoms with E-state index in [1.165, 1.54) is 0 Å². The topological polar surface area (TPSA) is 80.3 Å². The first kappa shape index (κ1) is 17.5. The summed E-state index contributed by atoms with van der Waals surface area (Å²) in [7, 11) is 3.62. The minimum absolute atomic E-state index is 0. The van der Waals surface area contributed by atoms with E-state index >= 15 is 0 Å². The van der Waals surface area contributed by atoms with E-state index in [9.17, 15) is 0 Å². The zero-order valence-corrected chi connectivity index (χ0v) is 15.0. The Hall–Kier alpha value is -1.58. The van der Waals surface area contributed by atoms with Crippen molar-refractivity contribution in [3.8, 4) is 0 Å². The Morgan fingerprint density at radius 2 is 2.05 bits per heavy atom. The van der Waals surface area contributed by atoms with Gasteiger partial charge in [-0.3, -0.25) is 9.67 Å². The Morgan fingerprint density at radius 3 is 2.57 bits per heavy atom. The molecule has 0 atom stereocenters. The maximum absolute atomic E-state index is 5.51. The first-order valence-corrected chi connectivity index (χ1v) is 6.43. The highest BCUT2D eigenvalue weighted by Gasteiger charge is 2.06. The SMILES string of the molecule is CN=C(NCc1cnn(C)c1)NCc1nc(C)c(C)o1.I. The average molecular weight is 404 g/mol. The Kier molecular flexibility index (Phi) is 6.66. The molecule has 0 spiro atoms. The molecule has 0 radical (unpaired) electrons. The summed E-state index contributed by atoms with van der Waals surface area (Å²) >= 11 is 0. The molecule has 2 rings (SSSR count). The summed E-state index contributed by atoms with van der Waals surface area (Å²) in [6.07, 6.45) is 3.78. The van der Waals surface area contributed by atoms with E-state index in [2.05, 4.69) is 25.7 Å². The highest BCUT2D eigenvalue weighted by atomic mass is 127. The summed E-state index contributed by atoms with van der Waals surface area (Å²) in [6.45, 7) is 5.00. The molecule has 0 aromatic carbocycles. The summed E-state index contributed by atoms with van der Waals surface area (Å²) in [5, 5.41) is 10.5. The van der Waals surface area contributed by atoms with Gasteiger partial charge in [-0.25, -0.2) is 4.98 Å². The van der Waals surface area contributed by atoms with Crippen LogP contribution in [-0.4, -0.2) is 27.8 Å². The number of nitrogens with zero attached hydrogens (tertiary/aromatic N) is 4. The number of halogens is 1. The van der Waals surface area contributed by atoms with Gasteiger partial charge in [0.1, 0.15) is 5.76 Å². The third-order valence-corrected chi connectivity index (χ3v) is 2.92. The van der Waals surface area contributed by atoms with E-state index < -0.39 is 0 Å². The zero-order valence-electron chi connectivity index (χ0n) is 12.7. The molecule has 0 bridgehead atoms. The van der Waals surface area contributed by atoms with E-state index in [0.717, 1.165) is 17.0 Å². The van der Waals surface area contributed by atoms with Gasteiger partial charge in [0.2, 0.25) is 5.89 Å². The number of oxazole rings is 1. The molecule has 21 heavy (non-hydrogen) atoms. The summed E-state index contributed by atoms with van der Waals surface area (Å²) in [5.41, 5.74) is 2.01. The van der Waals surface area contributed by atoms with Gasteiger partial charge in [-0.2, -0.15) is 5.10 Å². The van der Waals surface area contributed by atoms with Crippen molar-refractivity contribution < 1.29 is 4.42 Å². The molecule has 0 aliphatic carbocycles. The second kappa shape index (κ2) is 8.01. The fraction of sp³-hybridized carbons (Fsp3) is 0.462. The summed E-state index contributed by atoms with van der Waals surface area (Å²) in [5.74, 6) is 2.20. The highest BCUT2D eigenvalue weighted by Crippen LogP contribution is 2.07. The first-order valence-electron chi connectivity index (χ1n) is 6.43. The van der Waals surface area contributed by atoms with Crippen LogP contribution in [0.1, 0.15) is 22.9 Å². The molecule has 2 heterocycles. The van der Waals surface area contributed by atoms with Gasteiger partial charge >= 0.3 is 0 Å². The van der Waals surface area contributed by atoms with Gasteiger partial charge < -0.3 is 15.1 Å². The van der Waals surface area contributed by atoms with Crippen LogP contribution in [0.5, 0.6) is 0 Å². The van der Waals surface area contributed by atoms with Gasteiger partial charge in [-0.05, 0) is 13.8 Å². The smallest absolute Gasteiger partial charge is 0.214 e. The molecule has 2 N–H and O–H groups in total. The lowest BCUT2D eigenvalue weighted by Gasteiger charge is -2.09. The average Bonchev–Trinajstić information content (AvgIpc) is 2.97. The number of aryl methyl sites for hydroxylation is 3. The molecule has 0 fully saturated rings. The second-order valence-corrected chi connectivity index (χ2v) is 4.55.